The number of benzene rings is 1. The lowest BCUT2D eigenvalue weighted by Crippen LogP contribution is -2.40. The number of amides is 1. The number of likely N-dealkylation sites (tertiary alicyclic amines) is 1. The van der Waals surface area contributed by atoms with Crippen LogP contribution in [0.3, 0.4) is 0 Å². The summed E-state index contributed by atoms with van der Waals surface area (Å²) in [5.41, 5.74) is 2.36. The van der Waals surface area contributed by atoms with Gasteiger partial charge >= 0.3 is 0 Å². The minimum atomic E-state index is -0.725. The Morgan fingerprint density at radius 3 is 2.56 bits per heavy atom. The van der Waals surface area contributed by atoms with Gasteiger partial charge in [-0.25, -0.2) is 13.8 Å². The third kappa shape index (κ3) is 3.90. The molecule has 1 saturated heterocycles. The summed E-state index contributed by atoms with van der Waals surface area (Å²) in [6.45, 7) is 2.55. The van der Waals surface area contributed by atoms with Gasteiger partial charge in [0.2, 0.25) is 0 Å². The first kappa shape index (κ1) is 22.3. The third-order valence-corrected chi connectivity index (χ3v) is 7.21. The molecule has 6 nitrogen and oxygen atoms in total. The van der Waals surface area contributed by atoms with E-state index in [0.29, 0.717) is 48.2 Å². The first-order valence-corrected chi connectivity index (χ1v) is 11.9. The van der Waals surface area contributed by atoms with Crippen molar-refractivity contribution in [2.24, 2.45) is 13.0 Å². The summed E-state index contributed by atoms with van der Waals surface area (Å²) in [6.07, 6.45) is 0.775. The van der Waals surface area contributed by atoms with Gasteiger partial charge in [0.05, 0.1) is 32.8 Å². The van der Waals surface area contributed by atoms with E-state index in [0.717, 1.165) is 28.8 Å². The number of halogens is 2. The molecule has 4 heterocycles. The van der Waals surface area contributed by atoms with Crippen LogP contribution in [0.25, 0.3) is 21.6 Å². The summed E-state index contributed by atoms with van der Waals surface area (Å²) in [5, 5.41) is 7.14. The van der Waals surface area contributed by atoms with Crippen molar-refractivity contribution in [1.82, 2.24) is 19.7 Å². The molecule has 1 aliphatic heterocycles. The predicted molar refractivity (Wildman–Crippen MR) is 126 cm³/mol. The lowest BCUT2D eigenvalue weighted by molar-refractivity contribution is 0.0650. The van der Waals surface area contributed by atoms with Crippen molar-refractivity contribution in [2.75, 3.05) is 13.1 Å². The standard InChI is InChI=1S/C25H22F2N4O2S/c1-14-22-18(13-20(21-4-3-11-34-21)28-24(22)30(2)29-14)25(33)31-9-7-15(8-10-31)23(32)17-12-16(26)5-6-19(17)27/h3-6,11-13,15H,7-10H2,1-2H3. The van der Waals surface area contributed by atoms with Crippen molar-refractivity contribution in [1.29, 1.82) is 0 Å². The highest BCUT2D eigenvalue weighted by Crippen LogP contribution is 2.31. The van der Waals surface area contributed by atoms with Crippen LogP contribution in [0.15, 0.2) is 41.8 Å². The number of fused-ring (bicyclic) bond motifs is 1. The molecule has 5 rings (SSSR count). The predicted octanol–water partition coefficient (Wildman–Crippen LogP) is 5.02. The topological polar surface area (TPSA) is 68.1 Å². The molecule has 1 aromatic carbocycles. The van der Waals surface area contributed by atoms with E-state index in [1.165, 1.54) is 0 Å². The molecule has 0 unspecified atom stereocenters. The second-order valence-corrected chi connectivity index (χ2v) is 9.44. The Morgan fingerprint density at radius 2 is 1.85 bits per heavy atom. The fraction of sp³-hybridized carbons (Fsp3) is 0.280. The Morgan fingerprint density at radius 1 is 1.09 bits per heavy atom. The Bertz CT molecular complexity index is 1410. The second kappa shape index (κ2) is 8.72. The molecule has 1 aliphatic rings. The lowest BCUT2D eigenvalue weighted by atomic mass is 9.88. The van der Waals surface area contributed by atoms with Crippen LogP contribution >= 0.6 is 11.3 Å². The van der Waals surface area contributed by atoms with Crippen LogP contribution in [0.5, 0.6) is 0 Å². The second-order valence-electron chi connectivity index (χ2n) is 8.49. The molecule has 3 aromatic heterocycles. The van der Waals surface area contributed by atoms with Gasteiger partial charge in [-0.05, 0) is 55.5 Å². The van der Waals surface area contributed by atoms with Crippen LogP contribution in [-0.4, -0.2) is 44.4 Å². The van der Waals surface area contributed by atoms with Crippen LogP contribution in [0, 0.1) is 24.5 Å². The van der Waals surface area contributed by atoms with Gasteiger partial charge in [0.25, 0.3) is 5.91 Å². The van der Waals surface area contributed by atoms with Gasteiger partial charge < -0.3 is 4.90 Å². The number of hydrogen-bond donors (Lipinski definition) is 0. The highest BCUT2D eigenvalue weighted by Gasteiger charge is 2.31. The SMILES string of the molecule is Cc1nn(C)c2nc(-c3cccs3)cc(C(=O)N3CCC(C(=O)c4cc(F)ccc4F)CC3)c12. The van der Waals surface area contributed by atoms with E-state index in [2.05, 4.69) is 5.10 Å². The number of carbonyl (C=O) groups is 2. The van der Waals surface area contributed by atoms with Crippen LogP contribution in [0.1, 0.15) is 39.3 Å². The van der Waals surface area contributed by atoms with E-state index in [-0.39, 0.29) is 11.5 Å². The Kier molecular flexibility index (Phi) is 5.73. The number of carbonyl (C=O) groups excluding carboxylic acids is 2. The summed E-state index contributed by atoms with van der Waals surface area (Å²) in [6, 6.07) is 8.61. The van der Waals surface area contributed by atoms with Crippen molar-refractivity contribution >= 4 is 34.1 Å². The Balaban J connectivity index is 1.41. The number of aryl methyl sites for hydroxylation is 2. The van der Waals surface area contributed by atoms with Gasteiger partial charge in [0.1, 0.15) is 11.6 Å². The zero-order valence-corrected chi connectivity index (χ0v) is 19.5. The van der Waals surface area contributed by atoms with Crippen molar-refractivity contribution < 1.29 is 18.4 Å². The minimum Gasteiger partial charge on any atom is -0.339 e. The monoisotopic (exact) mass is 480 g/mol. The van der Waals surface area contributed by atoms with E-state index in [1.54, 1.807) is 28.0 Å². The molecular weight excluding hydrogens is 458 g/mol. The van der Waals surface area contributed by atoms with E-state index >= 15 is 0 Å². The van der Waals surface area contributed by atoms with Crippen molar-refractivity contribution in [3.05, 3.63) is 70.2 Å². The zero-order valence-electron chi connectivity index (χ0n) is 18.7. The summed E-state index contributed by atoms with van der Waals surface area (Å²) >= 11 is 1.54. The number of nitrogens with zero attached hydrogens (tertiary/aromatic N) is 4. The molecule has 174 valence electrons. The number of aromatic nitrogens is 3. The van der Waals surface area contributed by atoms with Crippen molar-refractivity contribution in [2.45, 2.75) is 19.8 Å². The normalized spacial score (nSPS) is 14.6. The number of rotatable bonds is 4. The maximum absolute atomic E-state index is 14.1. The third-order valence-electron chi connectivity index (χ3n) is 6.32. The molecule has 9 heteroatoms. The number of hydrogen-bond acceptors (Lipinski definition) is 5. The minimum absolute atomic E-state index is 0.149. The highest BCUT2D eigenvalue weighted by molar-refractivity contribution is 7.13. The fourth-order valence-corrected chi connectivity index (χ4v) is 5.27. The first-order chi connectivity index (χ1) is 16.3. The zero-order chi connectivity index (χ0) is 24.0. The van der Waals surface area contributed by atoms with Gasteiger partial charge in [-0.1, -0.05) is 6.07 Å². The summed E-state index contributed by atoms with van der Waals surface area (Å²) in [4.78, 5) is 33.8. The van der Waals surface area contributed by atoms with Gasteiger partial charge in [-0.3, -0.25) is 14.3 Å². The van der Waals surface area contributed by atoms with Gasteiger partial charge in [0.15, 0.2) is 11.4 Å². The van der Waals surface area contributed by atoms with E-state index in [1.807, 2.05) is 30.5 Å². The largest absolute Gasteiger partial charge is 0.339 e. The molecule has 34 heavy (non-hydrogen) atoms. The number of piperidine rings is 1. The lowest BCUT2D eigenvalue weighted by Gasteiger charge is -2.31. The number of pyridine rings is 1. The van der Waals surface area contributed by atoms with E-state index in [9.17, 15) is 18.4 Å². The molecule has 0 radical (unpaired) electrons. The van der Waals surface area contributed by atoms with E-state index in [4.69, 9.17) is 4.98 Å². The molecule has 1 fully saturated rings. The molecular formula is C25H22F2N4O2S. The molecule has 0 N–H and O–H groups in total. The number of Topliss-reactive ketones (excluding diaryl/α,β-unsaturated/α-hetero) is 1. The quantitative estimate of drug-likeness (QED) is 0.385. The molecule has 4 aromatic rings. The van der Waals surface area contributed by atoms with Crippen LogP contribution in [-0.2, 0) is 7.05 Å². The van der Waals surface area contributed by atoms with Crippen molar-refractivity contribution in [3.63, 3.8) is 0 Å². The number of ketones is 1. The summed E-state index contributed by atoms with van der Waals surface area (Å²) in [7, 11) is 1.80. The number of thiophene rings is 1. The molecule has 0 bridgehead atoms. The highest BCUT2D eigenvalue weighted by atomic mass is 32.1. The maximum atomic E-state index is 14.1. The van der Waals surface area contributed by atoms with Crippen LogP contribution in [0.2, 0.25) is 0 Å². The Hall–Kier alpha value is -3.46. The van der Waals surface area contributed by atoms with Gasteiger partial charge in [0, 0.05) is 26.1 Å². The fourth-order valence-electron chi connectivity index (χ4n) is 4.59. The first-order valence-electron chi connectivity index (χ1n) is 11.0. The van der Waals surface area contributed by atoms with Crippen LogP contribution in [0.4, 0.5) is 8.78 Å². The van der Waals surface area contributed by atoms with E-state index < -0.39 is 23.3 Å². The smallest absolute Gasteiger partial charge is 0.254 e. The van der Waals surface area contributed by atoms with Gasteiger partial charge in [-0.15, -0.1) is 11.3 Å². The Labute approximate surface area is 198 Å². The summed E-state index contributed by atoms with van der Waals surface area (Å²) < 4.78 is 29.3. The maximum Gasteiger partial charge on any atom is 0.254 e. The molecule has 0 atom stereocenters. The van der Waals surface area contributed by atoms with Gasteiger partial charge in [-0.2, -0.15) is 5.10 Å². The molecule has 0 saturated carbocycles. The molecule has 0 spiro atoms. The molecule has 0 aliphatic carbocycles. The van der Waals surface area contributed by atoms with Crippen molar-refractivity contribution in [3.8, 4) is 10.6 Å². The van der Waals surface area contributed by atoms with Crippen LogP contribution < -0.4 is 0 Å². The average molecular weight is 481 g/mol. The average Bonchev–Trinajstić information content (AvgIpc) is 3.48. The summed E-state index contributed by atoms with van der Waals surface area (Å²) in [5.74, 6) is -2.40. The molecule has 1 amide bonds.